The number of carbonyl (C=O) groups excluding carboxylic acids is 1. The first-order chi connectivity index (χ1) is 13.3. The highest BCUT2D eigenvalue weighted by Gasteiger charge is 2.27. The van der Waals surface area contributed by atoms with Crippen LogP contribution in [0.1, 0.15) is 41.6 Å². The molecule has 8 nitrogen and oxygen atoms in total. The molecule has 0 atom stereocenters. The first-order valence-corrected chi connectivity index (χ1v) is 11.3. The molecule has 150 valence electrons. The third-order valence-electron chi connectivity index (χ3n) is 4.66. The van der Waals surface area contributed by atoms with Crippen LogP contribution in [0, 0.1) is 17.0 Å². The summed E-state index contributed by atoms with van der Waals surface area (Å²) in [4.78, 5) is 22.7. The summed E-state index contributed by atoms with van der Waals surface area (Å²) in [6.07, 6.45) is 3.72. The highest BCUT2D eigenvalue weighted by Crippen LogP contribution is 2.27. The fourth-order valence-corrected chi connectivity index (χ4v) is 5.59. The van der Waals surface area contributed by atoms with Crippen LogP contribution < -0.4 is 5.32 Å². The first kappa shape index (κ1) is 20.4. The minimum absolute atomic E-state index is 0.126. The zero-order chi connectivity index (χ0) is 20.3. The second-order valence-electron chi connectivity index (χ2n) is 6.68. The molecular formula is C18H21N3O5S2. The van der Waals surface area contributed by atoms with Gasteiger partial charge in [-0.3, -0.25) is 14.9 Å². The monoisotopic (exact) mass is 423 g/mol. The van der Waals surface area contributed by atoms with E-state index in [4.69, 9.17) is 0 Å². The van der Waals surface area contributed by atoms with Crippen molar-refractivity contribution < 1.29 is 18.1 Å². The first-order valence-electron chi connectivity index (χ1n) is 8.94. The topological polar surface area (TPSA) is 110 Å². The van der Waals surface area contributed by atoms with Gasteiger partial charge in [0.1, 0.15) is 0 Å². The fraction of sp³-hybridized carbons (Fsp3) is 0.389. The smallest absolute Gasteiger partial charge is 0.322 e. The van der Waals surface area contributed by atoms with Gasteiger partial charge >= 0.3 is 5.00 Å². The number of nitro groups is 1. The zero-order valence-corrected chi connectivity index (χ0v) is 17.0. The molecule has 0 unspecified atom stereocenters. The van der Waals surface area contributed by atoms with Crippen molar-refractivity contribution in [1.29, 1.82) is 0 Å². The van der Waals surface area contributed by atoms with Crippen LogP contribution in [0.15, 0.2) is 34.5 Å². The Morgan fingerprint density at radius 1 is 1.18 bits per heavy atom. The normalized spacial score (nSPS) is 15.8. The van der Waals surface area contributed by atoms with Gasteiger partial charge in [-0.25, -0.2) is 8.42 Å². The largest absolute Gasteiger partial charge is 0.324 e. The van der Waals surface area contributed by atoms with Gasteiger partial charge in [-0.1, -0.05) is 30.2 Å². The summed E-state index contributed by atoms with van der Waals surface area (Å²) in [6.45, 7) is 2.71. The molecule has 1 amide bonds. The SMILES string of the molecule is Cc1ccc(NC(=O)c2csc([N+](=O)[O-])c2)cc1S(=O)(=O)N1CCCCCC1. The fourth-order valence-electron chi connectivity index (χ4n) is 3.12. The van der Waals surface area contributed by atoms with E-state index in [1.807, 2.05) is 0 Å². The molecule has 1 aromatic heterocycles. The summed E-state index contributed by atoms with van der Waals surface area (Å²) < 4.78 is 27.7. The molecule has 1 fully saturated rings. The molecule has 1 N–H and O–H groups in total. The van der Waals surface area contributed by atoms with E-state index in [0.717, 1.165) is 37.0 Å². The van der Waals surface area contributed by atoms with Crippen molar-refractivity contribution in [2.75, 3.05) is 18.4 Å². The van der Waals surface area contributed by atoms with E-state index < -0.39 is 20.9 Å². The molecule has 0 saturated carbocycles. The lowest BCUT2D eigenvalue weighted by Crippen LogP contribution is -2.32. The van der Waals surface area contributed by atoms with Crippen molar-refractivity contribution >= 4 is 38.0 Å². The molecule has 3 rings (SSSR count). The summed E-state index contributed by atoms with van der Waals surface area (Å²) in [5, 5.41) is 14.7. The maximum Gasteiger partial charge on any atom is 0.324 e. The highest BCUT2D eigenvalue weighted by atomic mass is 32.2. The number of rotatable bonds is 5. The maximum atomic E-state index is 13.1. The van der Waals surface area contributed by atoms with E-state index in [0.29, 0.717) is 24.3 Å². The Morgan fingerprint density at radius 2 is 1.86 bits per heavy atom. The number of nitrogens with one attached hydrogen (secondary N) is 1. The van der Waals surface area contributed by atoms with Crippen molar-refractivity contribution in [2.24, 2.45) is 0 Å². The van der Waals surface area contributed by atoms with E-state index in [-0.39, 0.29) is 15.5 Å². The van der Waals surface area contributed by atoms with E-state index in [1.54, 1.807) is 19.1 Å². The van der Waals surface area contributed by atoms with Gasteiger partial charge in [0.05, 0.1) is 15.4 Å². The van der Waals surface area contributed by atoms with Gasteiger partial charge in [0.15, 0.2) is 0 Å². The van der Waals surface area contributed by atoms with Gasteiger partial charge in [-0.05, 0) is 37.5 Å². The van der Waals surface area contributed by atoms with Crippen molar-refractivity contribution in [2.45, 2.75) is 37.5 Å². The summed E-state index contributed by atoms with van der Waals surface area (Å²) in [5.74, 6) is -0.522. The molecule has 1 aromatic carbocycles. The molecule has 10 heteroatoms. The van der Waals surface area contributed by atoms with Crippen LogP contribution in [0.5, 0.6) is 0 Å². The predicted octanol–water partition coefficient (Wildman–Crippen LogP) is 3.78. The van der Waals surface area contributed by atoms with Crippen LogP contribution in [0.2, 0.25) is 0 Å². The number of anilines is 1. The number of benzene rings is 1. The van der Waals surface area contributed by atoms with Crippen LogP contribution in [0.25, 0.3) is 0 Å². The lowest BCUT2D eigenvalue weighted by Gasteiger charge is -2.21. The Hall–Kier alpha value is -2.30. The molecule has 1 aliphatic rings. The van der Waals surface area contributed by atoms with Crippen LogP contribution in [-0.4, -0.2) is 36.6 Å². The predicted molar refractivity (Wildman–Crippen MR) is 107 cm³/mol. The number of hydrogen-bond donors (Lipinski definition) is 1. The zero-order valence-electron chi connectivity index (χ0n) is 15.4. The molecule has 0 bridgehead atoms. The standard InChI is InChI=1S/C18H21N3O5S2/c1-13-6-7-15(19-18(22)14-10-17(21(23)24)27-12-14)11-16(13)28(25,26)20-8-4-2-3-5-9-20/h6-7,10-12H,2-5,8-9H2,1H3,(H,19,22). The van der Waals surface area contributed by atoms with E-state index in [9.17, 15) is 23.3 Å². The average Bonchev–Trinajstić information content (AvgIpc) is 2.99. The Morgan fingerprint density at radius 3 is 2.46 bits per heavy atom. The Kier molecular flexibility index (Phi) is 6.11. The molecule has 0 radical (unpaired) electrons. The third kappa shape index (κ3) is 4.40. The number of sulfonamides is 1. The lowest BCUT2D eigenvalue weighted by atomic mass is 10.2. The van der Waals surface area contributed by atoms with Gasteiger partial charge in [0.2, 0.25) is 10.0 Å². The van der Waals surface area contributed by atoms with Crippen molar-refractivity contribution in [3.8, 4) is 0 Å². The summed E-state index contributed by atoms with van der Waals surface area (Å²) in [6, 6.07) is 5.92. The Bertz CT molecular complexity index is 992. The van der Waals surface area contributed by atoms with Crippen LogP contribution in [0.4, 0.5) is 10.7 Å². The third-order valence-corrected chi connectivity index (χ3v) is 7.58. The van der Waals surface area contributed by atoms with Crippen LogP contribution in [0.3, 0.4) is 0 Å². The van der Waals surface area contributed by atoms with Crippen LogP contribution in [-0.2, 0) is 10.0 Å². The second kappa shape index (κ2) is 8.38. The quantitative estimate of drug-likeness (QED) is 0.581. The Labute approximate surface area is 167 Å². The van der Waals surface area contributed by atoms with Crippen molar-refractivity contribution in [3.05, 3.63) is 50.9 Å². The van der Waals surface area contributed by atoms with Gasteiger partial charge in [0, 0.05) is 30.2 Å². The van der Waals surface area contributed by atoms with E-state index in [1.165, 1.54) is 21.8 Å². The lowest BCUT2D eigenvalue weighted by molar-refractivity contribution is -0.380. The minimum atomic E-state index is -3.65. The summed E-state index contributed by atoms with van der Waals surface area (Å²) in [5.41, 5.74) is 1.10. The molecule has 28 heavy (non-hydrogen) atoms. The van der Waals surface area contributed by atoms with E-state index >= 15 is 0 Å². The molecule has 1 saturated heterocycles. The molecule has 0 spiro atoms. The number of hydrogen-bond acceptors (Lipinski definition) is 6. The second-order valence-corrected chi connectivity index (χ2v) is 9.48. The molecule has 2 aromatic rings. The number of amides is 1. The van der Waals surface area contributed by atoms with Gasteiger partial charge in [0.25, 0.3) is 5.91 Å². The number of carbonyl (C=O) groups is 1. The number of nitrogens with zero attached hydrogens (tertiary/aromatic N) is 2. The molecule has 1 aliphatic heterocycles. The molecular weight excluding hydrogens is 402 g/mol. The molecule has 0 aliphatic carbocycles. The van der Waals surface area contributed by atoms with E-state index in [2.05, 4.69) is 5.32 Å². The maximum absolute atomic E-state index is 13.1. The van der Waals surface area contributed by atoms with Crippen molar-refractivity contribution in [1.82, 2.24) is 4.31 Å². The highest BCUT2D eigenvalue weighted by molar-refractivity contribution is 7.89. The summed E-state index contributed by atoms with van der Waals surface area (Å²) in [7, 11) is -3.65. The molecule has 2 heterocycles. The minimum Gasteiger partial charge on any atom is -0.322 e. The van der Waals surface area contributed by atoms with Crippen LogP contribution >= 0.6 is 11.3 Å². The number of thiophene rings is 1. The van der Waals surface area contributed by atoms with Gasteiger partial charge < -0.3 is 5.32 Å². The number of aryl methyl sites for hydroxylation is 1. The Balaban J connectivity index is 1.84. The van der Waals surface area contributed by atoms with Gasteiger partial charge in [-0.2, -0.15) is 4.31 Å². The van der Waals surface area contributed by atoms with Gasteiger partial charge in [-0.15, -0.1) is 0 Å². The average molecular weight is 424 g/mol. The van der Waals surface area contributed by atoms with Crippen molar-refractivity contribution in [3.63, 3.8) is 0 Å². The summed E-state index contributed by atoms with van der Waals surface area (Å²) >= 11 is 0.865.